The highest BCUT2D eigenvalue weighted by Gasteiger charge is 1.86. The van der Waals surface area contributed by atoms with Gasteiger partial charge in [0.15, 0.2) is 0 Å². The van der Waals surface area contributed by atoms with Crippen molar-refractivity contribution in [2.75, 3.05) is 0 Å². The van der Waals surface area contributed by atoms with E-state index in [2.05, 4.69) is 45.4 Å². The summed E-state index contributed by atoms with van der Waals surface area (Å²) in [7, 11) is 0. The topological polar surface area (TPSA) is 23.8 Å². The number of allylic oxidation sites excluding steroid dienone is 3. The number of nitrogens with zero attached hydrogens (tertiary/aromatic N) is 1. The van der Waals surface area contributed by atoms with Gasteiger partial charge in [0.25, 0.3) is 0 Å². The molecule has 0 fully saturated rings. The van der Waals surface area contributed by atoms with Crippen LogP contribution in [0.15, 0.2) is 68.3 Å². The number of hydrogen-bond acceptors (Lipinski definition) is 1. The van der Waals surface area contributed by atoms with E-state index in [1.54, 1.807) is 12.1 Å². The highest BCUT2D eigenvalue weighted by atomic mass is 14.2. The van der Waals surface area contributed by atoms with Crippen molar-refractivity contribution in [3.8, 4) is 6.07 Å². The molecule has 1 aromatic rings. The molecular formula is C17H21N. The molecule has 0 bridgehead atoms. The maximum Gasteiger partial charge on any atom is 0.0905 e. The minimum Gasteiger partial charge on any atom is -0.193 e. The smallest absolute Gasteiger partial charge is 0.0905 e. The van der Waals surface area contributed by atoms with Gasteiger partial charge in [0, 0.05) is 6.08 Å². The molecule has 0 atom stereocenters. The van der Waals surface area contributed by atoms with Crippen molar-refractivity contribution in [1.82, 2.24) is 0 Å². The molecule has 0 aromatic heterocycles. The third-order valence-electron chi connectivity index (χ3n) is 1.85. The minimum absolute atomic E-state index is 1.02. The Morgan fingerprint density at radius 2 is 1.67 bits per heavy atom. The molecule has 18 heavy (non-hydrogen) atoms. The van der Waals surface area contributed by atoms with Crippen molar-refractivity contribution < 1.29 is 0 Å². The lowest BCUT2D eigenvalue weighted by Crippen LogP contribution is -1.75. The molecule has 0 aliphatic rings. The van der Waals surface area contributed by atoms with E-state index >= 15 is 0 Å². The van der Waals surface area contributed by atoms with Crippen LogP contribution in [0.5, 0.6) is 0 Å². The van der Waals surface area contributed by atoms with Crippen LogP contribution >= 0.6 is 0 Å². The Kier molecular flexibility index (Phi) is 12.8. The van der Waals surface area contributed by atoms with Crippen molar-refractivity contribution in [2.24, 2.45) is 0 Å². The minimum atomic E-state index is 1.02. The average Bonchev–Trinajstić information content (AvgIpc) is 2.40. The van der Waals surface area contributed by atoms with Gasteiger partial charge in [-0.2, -0.15) is 5.26 Å². The first kappa shape index (κ1) is 18.0. The molecule has 1 nitrogen and oxygen atoms in total. The molecule has 0 unspecified atom stereocenters. The molecule has 0 saturated heterocycles. The van der Waals surface area contributed by atoms with Crippen molar-refractivity contribution in [3.05, 3.63) is 79.4 Å². The summed E-state index contributed by atoms with van der Waals surface area (Å²) < 4.78 is 0. The Morgan fingerprint density at radius 1 is 1.22 bits per heavy atom. The number of hydrogen-bond donors (Lipinski definition) is 0. The van der Waals surface area contributed by atoms with Gasteiger partial charge in [-0.1, -0.05) is 68.3 Å². The van der Waals surface area contributed by atoms with Gasteiger partial charge in [-0.25, -0.2) is 0 Å². The molecule has 0 N–H and O–H groups in total. The van der Waals surface area contributed by atoms with Crippen LogP contribution in [0.1, 0.15) is 18.1 Å². The highest BCUT2D eigenvalue weighted by molar-refractivity contribution is 5.50. The van der Waals surface area contributed by atoms with Gasteiger partial charge in [-0.15, -0.1) is 0 Å². The third-order valence-corrected chi connectivity index (χ3v) is 1.85. The van der Waals surface area contributed by atoms with E-state index in [0.29, 0.717) is 0 Å². The Bertz CT molecular complexity index is 433. The van der Waals surface area contributed by atoms with E-state index in [-0.39, 0.29) is 0 Å². The molecule has 1 aromatic carbocycles. The van der Waals surface area contributed by atoms with Gasteiger partial charge in [0.1, 0.15) is 0 Å². The first-order chi connectivity index (χ1) is 8.53. The van der Waals surface area contributed by atoms with E-state index in [1.165, 1.54) is 17.2 Å². The van der Waals surface area contributed by atoms with Gasteiger partial charge >= 0.3 is 0 Å². The zero-order chi connectivity index (χ0) is 14.4. The average molecular weight is 239 g/mol. The van der Waals surface area contributed by atoms with Crippen LogP contribution in [0, 0.1) is 18.3 Å². The number of nitriles is 1. The second-order valence-corrected chi connectivity index (χ2v) is 3.44. The first-order valence-electron chi connectivity index (χ1n) is 5.50. The molecule has 1 heteroatoms. The fourth-order valence-electron chi connectivity index (χ4n) is 0.816. The van der Waals surface area contributed by atoms with Crippen molar-refractivity contribution in [2.45, 2.75) is 13.8 Å². The maximum atomic E-state index is 7.51. The van der Waals surface area contributed by atoms with Crippen LogP contribution in [0.25, 0.3) is 6.08 Å². The largest absolute Gasteiger partial charge is 0.193 e. The monoisotopic (exact) mass is 239 g/mol. The highest BCUT2D eigenvalue weighted by Crippen LogP contribution is 2.06. The third kappa shape index (κ3) is 11.7. The summed E-state index contributed by atoms with van der Waals surface area (Å²) in [6.07, 6.45) is 4.77. The van der Waals surface area contributed by atoms with Crippen LogP contribution in [-0.2, 0) is 0 Å². The number of aryl methyl sites for hydroxylation is 1. The van der Waals surface area contributed by atoms with Gasteiger partial charge in [-0.3, -0.25) is 0 Å². The second-order valence-electron chi connectivity index (χ2n) is 3.44. The molecule has 0 spiro atoms. The van der Waals surface area contributed by atoms with E-state index in [9.17, 15) is 0 Å². The summed E-state index contributed by atoms with van der Waals surface area (Å²) in [6, 6.07) is 9.88. The van der Waals surface area contributed by atoms with Crippen LogP contribution in [0.2, 0.25) is 0 Å². The summed E-state index contributed by atoms with van der Waals surface area (Å²) in [6.45, 7) is 17.8. The Morgan fingerprint density at radius 3 is 1.89 bits per heavy atom. The predicted octanol–water partition coefficient (Wildman–Crippen LogP) is 5.08. The predicted molar refractivity (Wildman–Crippen MR) is 82.1 cm³/mol. The van der Waals surface area contributed by atoms with Crippen LogP contribution in [0.3, 0.4) is 0 Å². The molecule has 0 amide bonds. The molecule has 1 rings (SSSR count). The fraction of sp³-hybridized carbons (Fsp3) is 0.118. The standard InChI is InChI=1S/C9H10.C5H8.C3H3N/c1-3-9-7-5-4-6-8(9)2;1-4-5(2)3;1-2-3-4/h3-7H,1H2,2H3;4H,1-2H2,3H3;2H,1H2. The van der Waals surface area contributed by atoms with Gasteiger partial charge in [0.2, 0.25) is 0 Å². The summed E-state index contributed by atoms with van der Waals surface area (Å²) >= 11 is 0. The fourth-order valence-corrected chi connectivity index (χ4v) is 0.816. The number of benzene rings is 1. The molecule has 0 saturated carbocycles. The molecule has 0 heterocycles. The van der Waals surface area contributed by atoms with Crippen molar-refractivity contribution >= 4 is 6.08 Å². The molecule has 0 aliphatic carbocycles. The summed E-state index contributed by atoms with van der Waals surface area (Å²) in [5, 5.41) is 7.51. The van der Waals surface area contributed by atoms with Crippen molar-refractivity contribution in [1.29, 1.82) is 5.26 Å². The van der Waals surface area contributed by atoms with Gasteiger partial charge in [0.05, 0.1) is 6.07 Å². The molecule has 0 radical (unpaired) electrons. The number of rotatable bonds is 2. The van der Waals surface area contributed by atoms with E-state index in [1.807, 2.05) is 25.1 Å². The quantitative estimate of drug-likeness (QED) is 0.521. The SMILES string of the molecule is C=CC#N.C=CC(=C)C.C=Cc1ccccc1C. The second kappa shape index (κ2) is 12.7. The summed E-state index contributed by atoms with van der Waals surface area (Å²) in [5.74, 6) is 0. The van der Waals surface area contributed by atoms with E-state index in [0.717, 1.165) is 5.57 Å². The zero-order valence-electron chi connectivity index (χ0n) is 11.3. The van der Waals surface area contributed by atoms with Gasteiger partial charge in [-0.05, 0) is 25.0 Å². The van der Waals surface area contributed by atoms with Crippen LogP contribution < -0.4 is 0 Å². The Labute approximate surface area is 111 Å². The van der Waals surface area contributed by atoms with Crippen LogP contribution in [0.4, 0.5) is 0 Å². The lowest BCUT2D eigenvalue weighted by atomic mass is 10.1. The zero-order valence-corrected chi connectivity index (χ0v) is 11.3. The molecule has 0 aliphatic heterocycles. The summed E-state index contributed by atoms with van der Waals surface area (Å²) in [4.78, 5) is 0. The lowest BCUT2D eigenvalue weighted by Gasteiger charge is -1.95. The lowest BCUT2D eigenvalue weighted by molar-refractivity contribution is 1.45. The van der Waals surface area contributed by atoms with Crippen LogP contribution in [-0.4, -0.2) is 0 Å². The van der Waals surface area contributed by atoms with Gasteiger partial charge < -0.3 is 0 Å². The molecule has 94 valence electrons. The normalized spacial score (nSPS) is 7.17. The summed E-state index contributed by atoms with van der Waals surface area (Å²) in [5.41, 5.74) is 3.52. The van der Waals surface area contributed by atoms with E-state index in [4.69, 9.17) is 5.26 Å². The maximum absolute atomic E-state index is 7.51. The van der Waals surface area contributed by atoms with Crippen molar-refractivity contribution in [3.63, 3.8) is 0 Å². The van der Waals surface area contributed by atoms with E-state index < -0.39 is 0 Å². The Balaban J connectivity index is 0. The first-order valence-corrected chi connectivity index (χ1v) is 5.50. The molecular weight excluding hydrogens is 218 g/mol. The Hall–Kier alpha value is -2.33.